The predicted molar refractivity (Wildman–Crippen MR) is 130 cm³/mol. The summed E-state index contributed by atoms with van der Waals surface area (Å²) in [5.74, 6) is 1.33. The first-order valence-corrected chi connectivity index (χ1v) is 13.3. The molecule has 0 spiro atoms. The van der Waals surface area contributed by atoms with Gasteiger partial charge in [0.1, 0.15) is 17.4 Å². The summed E-state index contributed by atoms with van der Waals surface area (Å²) in [6.07, 6.45) is 0.999. The summed E-state index contributed by atoms with van der Waals surface area (Å²) in [7, 11) is 3.56. The Morgan fingerprint density at radius 2 is 1.81 bits per heavy atom. The number of aliphatic hydroxyl groups is 1. The second kappa shape index (κ2) is 9.52. The third-order valence-electron chi connectivity index (χ3n) is 8.79. The predicted octanol–water partition coefficient (Wildman–Crippen LogP) is 2.92. The van der Waals surface area contributed by atoms with Gasteiger partial charge in [0.05, 0.1) is 5.60 Å². The number of hydrogen-bond donors (Lipinski definition) is 3. The number of halogens is 4. The molecule has 37 heavy (non-hydrogen) atoms. The summed E-state index contributed by atoms with van der Waals surface area (Å²) < 4.78 is 38.8. The van der Waals surface area contributed by atoms with Crippen LogP contribution in [0.3, 0.4) is 0 Å². The first kappa shape index (κ1) is 26.4. The van der Waals surface area contributed by atoms with Crippen molar-refractivity contribution in [3.8, 4) is 0 Å². The van der Waals surface area contributed by atoms with E-state index in [2.05, 4.69) is 10.4 Å². The van der Waals surface area contributed by atoms with E-state index < -0.39 is 24.4 Å². The van der Waals surface area contributed by atoms with Gasteiger partial charge in [-0.15, -0.1) is 0 Å². The van der Waals surface area contributed by atoms with E-state index in [9.17, 15) is 27.9 Å². The average Bonchev–Trinajstić information content (AvgIpc) is 3.11. The van der Waals surface area contributed by atoms with Gasteiger partial charge in [-0.25, -0.2) is 4.79 Å². The minimum Gasteiger partial charge on any atom is -0.390 e. The standard InChI is InChI=1S/C24H34ClF3N6O3/c1-32(16-3-5-34(6-4-16)22(36)29-12-24(26,27)28)21-17(25)19(31-33(21)2)20(35)30-18-14-7-13-8-15(18)11-23(37,9-13)10-14/h13-16,18,37H,3-12H2,1-2H3,(H,29,36)(H,30,35). The van der Waals surface area contributed by atoms with Crippen molar-refractivity contribution in [2.24, 2.45) is 24.8 Å². The van der Waals surface area contributed by atoms with Crippen molar-refractivity contribution < 1.29 is 27.9 Å². The van der Waals surface area contributed by atoms with Gasteiger partial charge in [-0.1, -0.05) is 11.6 Å². The van der Waals surface area contributed by atoms with E-state index in [1.807, 2.05) is 17.3 Å². The summed E-state index contributed by atoms with van der Waals surface area (Å²) >= 11 is 6.69. The Hall–Kier alpha value is -2.21. The molecule has 4 saturated carbocycles. The summed E-state index contributed by atoms with van der Waals surface area (Å²) in [5, 5.41) is 20.6. The highest BCUT2D eigenvalue weighted by Gasteiger charge is 2.55. The molecule has 4 bridgehead atoms. The number of rotatable bonds is 5. The van der Waals surface area contributed by atoms with E-state index in [1.165, 1.54) is 4.90 Å². The van der Waals surface area contributed by atoms with Crippen molar-refractivity contribution >= 4 is 29.4 Å². The highest BCUT2D eigenvalue weighted by atomic mass is 35.5. The molecule has 5 fully saturated rings. The van der Waals surface area contributed by atoms with Crippen molar-refractivity contribution in [1.82, 2.24) is 25.3 Å². The Balaban J connectivity index is 1.20. The van der Waals surface area contributed by atoms with Crippen molar-refractivity contribution in [3.05, 3.63) is 10.7 Å². The van der Waals surface area contributed by atoms with Crippen LogP contribution in [-0.4, -0.2) is 82.3 Å². The van der Waals surface area contributed by atoms with Gasteiger partial charge in [0.25, 0.3) is 5.91 Å². The number of piperidine rings is 1. The lowest BCUT2D eigenvalue weighted by Crippen LogP contribution is -2.61. The first-order chi connectivity index (χ1) is 17.3. The van der Waals surface area contributed by atoms with Gasteiger partial charge < -0.3 is 25.5 Å². The maximum Gasteiger partial charge on any atom is 0.405 e. The summed E-state index contributed by atoms with van der Waals surface area (Å²) in [4.78, 5) is 28.6. The summed E-state index contributed by atoms with van der Waals surface area (Å²) in [6.45, 7) is -0.746. The molecule has 13 heteroatoms. The number of nitrogens with one attached hydrogen (secondary N) is 2. The number of aromatic nitrogens is 2. The Bertz CT molecular complexity index is 1040. The maximum absolute atomic E-state index is 13.3. The quantitative estimate of drug-likeness (QED) is 0.527. The Morgan fingerprint density at radius 3 is 2.38 bits per heavy atom. The number of carbonyl (C=O) groups excluding carboxylic acids is 2. The molecule has 0 radical (unpaired) electrons. The van der Waals surface area contributed by atoms with E-state index in [0.29, 0.717) is 37.7 Å². The fraction of sp³-hybridized carbons (Fsp3) is 0.792. The van der Waals surface area contributed by atoms with Crippen LogP contribution in [0, 0.1) is 17.8 Å². The molecule has 5 aliphatic rings. The van der Waals surface area contributed by atoms with Crippen LogP contribution >= 0.6 is 11.6 Å². The van der Waals surface area contributed by atoms with E-state index in [1.54, 1.807) is 11.7 Å². The van der Waals surface area contributed by atoms with Crippen molar-refractivity contribution in [2.75, 3.05) is 31.6 Å². The number of aryl methyl sites for hydroxylation is 1. The number of alkyl halides is 3. The molecule has 1 aromatic rings. The van der Waals surface area contributed by atoms with Crippen LogP contribution in [0.5, 0.6) is 0 Å². The third-order valence-corrected chi connectivity index (χ3v) is 9.14. The van der Waals surface area contributed by atoms with Gasteiger partial charge in [-0.3, -0.25) is 9.48 Å². The number of anilines is 1. The molecule has 2 heterocycles. The lowest BCUT2D eigenvalue weighted by Gasteiger charge is -2.58. The van der Waals surface area contributed by atoms with Crippen molar-refractivity contribution in [2.45, 2.75) is 68.8 Å². The molecule has 9 nitrogen and oxygen atoms in total. The number of amides is 3. The number of hydrogen-bond acceptors (Lipinski definition) is 5. The molecule has 6 rings (SSSR count). The molecule has 206 valence electrons. The van der Waals surface area contributed by atoms with Crippen LogP contribution in [-0.2, 0) is 7.05 Å². The minimum atomic E-state index is -4.45. The molecule has 2 atom stereocenters. The fourth-order valence-electron chi connectivity index (χ4n) is 7.37. The first-order valence-electron chi connectivity index (χ1n) is 12.9. The lowest BCUT2D eigenvalue weighted by atomic mass is 9.52. The monoisotopic (exact) mass is 546 g/mol. The van der Waals surface area contributed by atoms with E-state index in [0.717, 1.165) is 32.1 Å². The van der Waals surface area contributed by atoms with Crippen LogP contribution in [0.2, 0.25) is 5.02 Å². The second-order valence-corrected chi connectivity index (χ2v) is 11.8. The fourth-order valence-corrected chi connectivity index (χ4v) is 7.75. The molecule has 1 saturated heterocycles. The highest BCUT2D eigenvalue weighted by molar-refractivity contribution is 6.36. The zero-order valence-corrected chi connectivity index (χ0v) is 21.8. The zero-order chi connectivity index (χ0) is 26.7. The molecular weight excluding hydrogens is 513 g/mol. The normalized spacial score (nSPS) is 31.5. The largest absolute Gasteiger partial charge is 0.405 e. The topological polar surface area (TPSA) is 103 Å². The molecule has 2 unspecified atom stereocenters. The number of likely N-dealkylation sites (tertiary alicyclic amines) is 1. The Labute approximate surface area is 218 Å². The molecule has 4 aliphatic carbocycles. The van der Waals surface area contributed by atoms with Crippen molar-refractivity contribution in [3.63, 3.8) is 0 Å². The van der Waals surface area contributed by atoms with Gasteiger partial charge in [0.2, 0.25) is 0 Å². The second-order valence-electron chi connectivity index (χ2n) is 11.4. The van der Waals surface area contributed by atoms with Crippen LogP contribution in [0.1, 0.15) is 55.4 Å². The van der Waals surface area contributed by atoms with E-state index >= 15 is 0 Å². The molecular formula is C24H34ClF3N6O3. The maximum atomic E-state index is 13.3. The van der Waals surface area contributed by atoms with E-state index in [4.69, 9.17) is 11.6 Å². The molecule has 3 amide bonds. The lowest BCUT2D eigenvalue weighted by molar-refractivity contribution is -0.137. The highest BCUT2D eigenvalue weighted by Crippen LogP contribution is 2.55. The molecule has 0 aromatic carbocycles. The van der Waals surface area contributed by atoms with Crippen LogP contribution in [0.15, 0.2) is 0 Å². The molecule has 1 aromatic heterocycles. The van der Waals surface area contributed by atoms with Crippen LogP contribution in [0.25, 0.3) is 0 Å². The molecule has 3 N–H and O–H groups in total. The van der Waals surface area contributed by atoms with Gasteiger partial charge in [0, 0.05) is 39.3 Å². The SMILES string of the molecule is CN(c1c(Cl)c(C(=O)NC2C3CC4CC2CC(O)(C4)C3)nn1C)C1CCN(C(=O)NCC(F)(F)F)CC1. The minimum absolute atomic E-state index is 0.0106. The summed E-state index contributed by atoms with van der Waals surface area (Å²) in [5.41, 5.74) is -0.423. The van der Waals surface area contributed by atoms with Crippen LogP contribution < -0.4 is 15.5 Å². The number of nitrogens with zero attached hydrogens (tertiary/aromatic N) is 4. The Kier molecular flexibility index (Phi) is 6.79. The summed E-state index contributed by atoms with van der Waals surface area (Å²) in [6, 6.07) is -0.745. The van der Waals surface area contributed by atoms with Gasteiger partial charge in [-0.05, 0) is 62.7 Å². The Morgan fingerprint density at radius 1 is 1.19 bits per heavy atom. The molecule has 1 aliphatic heterocycles. The zero-order valence-electron chi connectivity index (χ0n) is 21.0. The number of urea groups is 1. The van der Waals surface area contributed by atoms with Crippen LogP contribution in [0.4, 0.5) is 23.8 Å². The van der Waals surface area contributed by atoms with Crippen molar-refractivity contribution in [1.29, 1.82) is 0 Å². The van der Waals surface area contributed by atoms with E-state index in [-0.39, 0.29) is 40.5 Å². The average molecular weight is 547 g/mol. The third kappa shape index (κ3) is 5.23. The van der Waals surface area contributed by atoms with Gasteiger partial charge in [-0.2, -0.15) is 18.3 Å². The number of carbonyl (C=O) groups is 2. The smallest absolute Gasteiger partial charge is 0.390 e. The van der Waals surface area contributed by atoms with Gasteiger partial charge in [0.15, 0.2) is 5.69 Å². The van der Waals surface area contributed by atoms with Gasteiger partial charge >= 0.3 is 12.2 Å².